The molecule has 0 aliphatic carbocycles. The number of fused-ring (bicyclic) bond motifs is 2. The molecule has 110 valence electrons. The van der Waals surface area contributed by atoms with Crippen molar-refractivity contribution in [3.05, 3.63) is 58.4 Å². The lowest BCUT2D eigenvalue weighted by molar-refractivity contribution is 0.473. The summed E-state index contributed by atoms with van der Waals surface area (Å²) in [5.41, 5.74) is 0.551. The molecule has 0 spiro atoms. The molecule has 0 aliphatic heterocycles. The summed E-state index contributed by atoms with van der Waals surface area (Å²) in [6.45, 7) is 0. The number of hydrogen-bond acceptors (Lipinski definition) is 6. The fraction of sp³-hybridized carbons (Fsp3) is 0. The summed E-state index contributed by atoms with van der Waals surface area (Å²) in [6.07, 6.45) is 0. The maximum absolute atomic E-state index is 12.3. The Labute approximate surface area is 128 Å². The van der Waals surface area contributed by atoms with E-state index in [-0.39, 0.29) is 28.4 Å². The summed E-state index contributed by atoms with van der Waals surface area (Å²) in [7, 11) is 0. The van der Waals surface area contributed by atoms with E-state index in [9.17, 15) is 15.2 Å². The van der Waals surface area contributed by atoms with Crippen LogP contribution in [0.4, 0.5) is 0 Å². The van der Waals surface area contributed by atoms with Crippen molar-refractivity contribution in [1.29, 1.82) is 5.26 Å². The van der Waals surface area contributed by atoms with Crippen LogP contribution < -0.4 is 5.63 Å². The molecule has 2 aromatic carbocycles. The van der Waals surface area contributed by atoms with Crippen molar-refractivity contribution in [3.8, 4) is 23.3 Å². The minimum absolute atomic E-state index is 0.0260. The summed E-state index contributed by atoms with van der Waals surface area (Å²) in [5.74, 6) is -0.0226. The molecule has 0 amide bonds. The number of phenolic OH excluding ortho intramolecular Hbond substituents is 1. The normalized spacial score (nSPS) is 10.9. The Hall–Kier alpha value is -3.59. The lowest BCUT2D eigenvalue weighted by Crippen LogP contribution is -2.06. The molecular weight excluding hydrogens is 296 g/mol. The van der Waals surface area contributed by atoms with Crippen LogP contribution in [0.5, 0.6) is 5.75 Å². The van der Waals surface area contributed by atoms with Gasteiger partial charge in [0.1, 0.15) is 28.5 Å². The number of benzene rings is 2. The van der Waals surface area contributed by atoms with Gasteiger partial charge < -0.3 is 13.9 Å². The van der Waals surface area contributed by atoms with E-state index in [1.165, 1.54) is 18.2 Å². The van der Waals surface area contributed by atoms with Crippen LogP contribution >= 0.6 is 0 Å². The van der Waals surface area contributed by atoms with Gasteiger partial charge in [-0.25, -0.2) is 9.78 Å². The van der Waals surface area contributed by atoms with E-state index in [0.717, 1.165) is 0 Å². The van der Waals surface area contributed by atoms with Gasteiger partial charge in [0.15, 0.2) is 5.58 Å². The van der Waals surface area contributed by atoms with E-state index < -0.39 is 5.63 Å². The Morgan fingerprint density at radius 3 is 2.70 bits per heavy atom. The fourth-order valence-electron chi connectivity index (χ4n) is 2.48. The molecule has 23 heavy (non-hydrogen) atoms. The Morgan fingerprint density at radius 1 is 1.09 bits per heavy atom. The Bertz CT molecular complexity index is 1130. The number of rotatable bonds is 1. The van der Waals surface area contributed by atoms with Gasteiger partial charge in [-0.15, -0.1) is 0 Å². The largest absolute Gasteiger partial charge is 0.508 e. The second kappa shape index (κ2) is 4.71. The number of phenols is 1. The van der Waals surface area contributed by atoms with Crippen LogP contribution in [-0.2, 0) is 0 Å². The first-order chi connectivity index (χ1) is 11.2. The van der Waals surface area contributed by atoms with Crippen molar-refractivity contribution in [1.82, 2.24) is 4.98 Å². The van der Waals surface area contributed by atoms with Gasteiger partial charge in [0.05, 0.1) is 5.56 Å². The van der Waals surface area contributed by atoms with Gasteiger partial charge in [-0.1, -0.05) is 12.1 Å². The van der Waals surface area contributed by atoms with Crippen LogP contribution in [0.15, 0.2) is 56.1 Å². The third-order valence-electron chi connectivity index (χ3n) is 3.51. The third-order valence-corrected chi connectivity index (χ3v) is 3.51. The van der Waals surface area contributed by atoms with Crippen molar-refractivity contribution < 1.29 is 13.9 Å². The maximum Gasteiger partial charge on any atom is 0.350 e. The molecule has 0 unspecified atom stereocenters. The number of aromatic hydroxyl groups is 1. The number of para-hydroxylation sites is 2. The second-order valence-corrected chi connectivity index (χ2v) is 4.92. The van der Waals surface area contributed by atoms with Crippen LogP contribution in [0.3, 0.4) is 0 Å². The summed E-state index contributed by atoms with van der Waals surface area (Å²) < 4.78 is 10.8. The number of aromatic nitrogens is 1. The van der Waals surface area contributed by atoms with Gasteiger partial charge in [-0.05, 0) is 24.3 Å². The highest BCUT2D eigenvalue weighted by Gasteiger charge is 2.21. The first kappa shape index (κ1) is 13.1. The molecular formula is C17H8N2O4. The SMILES string of the molecule is N#Cc1c(-c2nc3ccccc3o2)c(=O)oc2cc(O)ccc12. The lowest BCUT2D eigenvalue weighted by Gasteiger charge is -2.03. The van der Waals surface area contributed by atoms with Crippen LogP contribution in [0, 0.1) is 11.3 Å². The molecule has 2 heterocycles. The van der Waals surface area contributed by atoms with Gasteiger partial charge in [-0.2, -0.15) is 5.26 Å². The Morgan fingerprint density at radius 2 is 1.91 bits per heavy atom. The van der Waals surface area contributed by atoms with E-state index in [2.05, 4.69) is 4.98 Å². The van der Waals surface area contributed by atoms with Crippen LogP contribution in [0.2, 0.25) is 0 Å². The van der Waals surface area contributed by atoms with Gasteiger partial charge in [-0.3, -0.25) is 0 Å². The molecule has 6 heteroatoms. The second-order valence-electron chi connectivity index (χ2n) is 4.92. The third kappa shape index (κ3) is 1.95. The molecule has 0 aliphatic rings. The predicted octanol–water partition coefficient (Wildman–Crippen LogP) is 3.18. The first-order valence-corrected chi connectivity index (χ1v) is 6.73. The van der Waals surface area contributed by atoms with Crippen molar-refractivity contribution in [2.24, 2.45) is 0 Å². The van der Waals surface area contributed by atoms with Gasteiger partial charge in [0.25, 0.3) is 0 Å². The number of nitrogens with zero attached hydrogens (tertiary/aromatic N) is 2. The van der Waals surface area contributed by atoms with E-state index in [0.29, 0.717) is 16.5 Å². The fourth-order valence-corrected chi connectivity index (χ4v) is 2.48. The van der Waals surface area contributed by atoms with Gasteiger partial charge in [0, 0.05) is 11.5 Å². The average Bonchev–Trinajstić information content (AvgIpc) is 2.96. The lowest BCUT2D eigenvalue weighted by atomic mass is 10.1. The smallest absolute Gasteiger partial charge is 0.350 e. The zero-order chi connectivity index (χ0) is 16.0. The maximum atomic E-state index is 12.3. The molecule has 2 aromatic heterocycles. The molecule has 4 rings (SSSR count). The summed E-state index contributed by atoms with van der Waals surface area (Å²) in [4.78, 5) is 16.6. The van der Waals surface area contributed by atoms with Gasteiger partial charge >= 0.3 is 5.63 Å². The van der Waals surface area contributed by atoms with E-state index in [4.69, 9.17) is 8.83 Å². The highest BCUT2D eigenvalue weighted by molar-refractivity contribution is 5.90. The van der Waals surface area contributed by atoms with Crippen molar-refractivity contribution in [3.63, 3.8) is 0 Å². The van der Waals surface area contributed by atoms with Crippen LogP contribution in [0.25, 0.3) is 33.5 Å². The average molecular weight is 304 g/mol. The molecule has 0 saturated carbocycles. The monoisotopic (exact) mass is 304 g/mol. The molecule has 1 N–H and O–H groups in total. The molecule has 6 nitrogen and oxygen atoms in total. The van der Waals surface area contributed by atoms with Gasteiger partial charge in [0.2, 0.25) is 5.89 Å². The topological polar surface area (TPSA) is 100 Å². The summed E-state index contributed by atoms with van der Waals surface area (Å²) in [5, 5.41) is 19.4. The van der Waals surface area contributed by atoms with E-state index in [1.54, 1.807) is 24.3 Å². The minimum atomic E-state index is -0.744. The number of nitriles is 1. The molecule has 0 bridgehead atoms. The molecule has 0 atom stereocenters. The minimum Gasteiger partial charge on any atom is -0.508 e. The molecule has 0 radical (unpaired) electrons. The first-order valence-electron chi connectivity index (χ1n) is 6.73. The van der Waals surface area contributed by atoms with E-state index >= 15 is 0 Å². The van der Waals surface area contributed by atoms with Crippen LogP contribution in [0.1, 0.15) is 5.56 Å². The number of hydrogen-bond donors (Lipinski definition) is 1. The Balaban J connectivity index is 2.10. The van der Waals surface area contributed by atoms with Crippen molar-refractivity contribution >= 4 is 22.1 Å². The highest BCUT2D eigenvalue weighted by Crippen LogP contribution is 2.30. The molecule has 0 saturated heterocycles. The van der Waals surface area contributed by atoms with Crippen molar-refractivity contribution in [2.45, 2.75) is 0 Å². The Kier molecular flexibility index (Phi) is 2.68. The summed E-state index contributed by atoms with van der Waals surface area (Å²) in [6, 6.07) is 13.3. The zero-order valence-corrected chi connectivity index (χ0v) is 11.6. The highest BCUT2D eigenvalue weighted by atomic mass is 16.4. The summed E-state index contributed by atoms with van der Waals surface area (Å²) >= 11 is 0. The number of oxazole rings is 1. The van der Waals surface area contributed by atoms with Crippen molar-refractivity contribution in [2.75, 3.05) is 0 Å². The zero-order valence-electron chi connectivity index (χ0n) is 11.6. The molecule has 0 fully saturated rings. The standard InChI is InChI=1S/C17H8N2O4/c18-8-11-10-6-5-9(20)7-14(10)23-17(21)15(11)16-19-12-3-1-2-4-13(12)22-16/h1-7,20H. The van der Waals surface area contributed by atoms with Crippen LogP contribution in [-0.4, -0.2) is 10.1 Å². The van der Waals surface area contributed by atoms with E-state index in [1.807, 2.05) is 6.07 Å². The quantitative estimate of drug-likeness (QED) is 0.542. The predicted molar refractivity (Wildman–Crippen MR) is 81.9 cm³/mol. The molecule has 4 aromatic rings.